The molecule has 0 amide bonds. The van der Waals surface area contributed by atoms with Gasteiger partial charge in [-0.15, -0.1) is 0 Å². The highest BCUT2D eigenvalue weighted by atomic mass is 16.5. The number of H-pyrrole nitrogens is 1. The number of aromatic nitrogens is 4. The van der Waals surface area contributed by atoms with Crippen molar-refractivity contribution in [3.05, 3.63) is 76.7 Å². The molecule has 128 valence electrons. The lowest BCUT2D eigenvalue weighted by Crippen LogP contribution is -2.18. The fourth-order valence-electron chi connectivity index (χ4n) is 3.19. The Hall–Kier alpha value is -3.61. The van der Waals surface area contributed by atoms with Crippen molar-refractivity contribution in [1.82, 2.24) is 19.7 Å². The second-order valence-corrected chi connectivity index (χ2v) is 6.09. The zero-order chi connectivity index (χ0) is 17.5. The van der Waals surface area contributed by atoms with Gasteiger partial charge in [0.25, 0.3) is 5.56 Å². The summed E-state index contributed by atoms with van der Waals surface area (Å²) in [6.45, 7) is 0.485. The molecule has 0 bridgehead atoms. The van der Waals surface area contributed by atoms with E-state index in [1.165, 1.54) is 6.20 Å². The van der Waals surface area contributed by atoms with Crippen LogP contribution in [0, 0.1) is 0 Å². The van der Waals surface area contributed by atoms with E-state index in [0.717, 1.165) is 17.0 Å². The maximum Gasteiger partial charge on any atom is 0.263 e. The van der Waals surface area contributed by atoms with Gasteiger partial charge in [0.05, 0.1) is 17.9 Å². The predicted octanol–water partition coefficient (Wildman–Crippen LogP) is 2.65. The molecule has 0 saturated carbocycles. The lowest BCUT2D eigenvalue weighted by atomic mass is 10.1. The number of hydrogen-bond donors (Lipinski definition) is 2. The molecule has 0 spiro atoms. The minimum absolute atomic E-state index is 0.0695. The third-order valence-electron chi connectivity index (χ3n) is 4.45. The Labute approximate surface area is 148 Å². The maximum atomic E-state index is 12.4. The smallest absolute Gasteiger partial charge is 0.263 e. The number of rotatable bonds is 3. The Balaban J connectivity index is 1.57. The van der Waals surface area contributed by atoms with Gasteiger partial charge < -0.3 is 10.1 Å². The number of nitrogens with zero attached hydrogens (tertiary/aromatic N) is 3. The van der Waals surface area contributed by atoms with Gasteiger partial charge in [-0.05, 0) is 18.2 Å². The Kier molecular flexibility index (Phi) is 3.24. The molecule has 1 aliphatic rings. The first-order valence-electron chi connectivity index (χ1n) is 8.31. The Morgan fingerprint density at radius 3 is 2.81 bits per heavy atom. The zero-order valence-corrected chi connectivity index (χ0v) is 13.7. The molecule has 1 atom stereocenters. The summed E-state index contributed by atoms with van der Waals surface area (Å²) in [6.07, 6.45) is 1.53. The molecule has 0 saturated heterocycles. The van der Waals surface area contributed by atoms with Crippen LogP contribution in [0.2, 0.25) is 0 Å². The van der Waals surface area contributed by atoms with Crippen LogP contribution in [0.5, 0.6) is 5.75 Å². The molecule has 1 aliphatic heterocycles. The Bertz CT molecular complexity index is 1150. The van der Waals surface area contributed by atoms with Crippen LogP contribution in [0.3, 0.4) is 0 Å². The van der Waals surface area contributed by atoms with Crippen LogP contribution in [0.25, 0.3) is 16.7 Å². The highest BCUT2D eigenvalue weighted by Gasteiger charge is 2.24. The van der Waals surface area contributed by atoms with E-state index in [0.29, 0.717) is 23.6 Å². The number of aromatic amines is 1. The molecular weight excluding hydrogens is 330 g/mol. The summed E-state index contributed by atoms with van der Waals surface area (Å²) < 4.78 is 7.34. The summed E-state index contributed by atoms with van der Waals surface area (Å²) in [5.74, 6) is 1.24. The largest absolute Gasteiger partial charge is 0.491 e. The van der Waals surface area contributed by atoms with E-state index in [-0.39, 0.29) is 11.6 Å². The van der Waals surface area contributed by atoms with Crippen molar-refractivity contribution >= 4 is 17.0 Å². The highest BCUT2D eigenvalue weighted by Crippen LogP contribution is 2.33. The molecule has 2 N–H and O–H groups in total. The van der Waals surface area contributed by atoms with E-state index in [4.69, 9.17) is 4.74 Å². The quantitative estimate of drug-likeness (QED) is 0.596. The lowest BCUT2D eigenvalue weighted by molar-refractivity contribution is 0.339. The van der Waals surface area contributed by atoms with Gasteiger partial charge >= 0.3 is 0 Å². The first kappa shape index (κ1) is 14.7. The minimum atomic E-state index is -0.230. The molecule has 4 aromatic rings. The Morgan fingerprint density at radius 1 is 1.12 bits per heavy atom. The minimum Gasteiger partial charge on any atom is -0.491 e. The SMILES string of the molecule is O=c1[nH]c(NC2COc3ccccc32)nc2c1cnn2-c1ccccc1. The summed E-state index contributed by atoms with van der Waals surface area (Å²) in [4.78, 5) is 19.8. The van der Waals surface area contributed by atoms with Crippen LogP contribution in [0.1, 0.15) is 11.6 Å². The van der Waals surface area contributed by atoms with Crippen LogP contribution in [0.4, 0.5) is 5.95 Å². The highest BCUT2D eigenvalue weighted by molar-refractivity contribution is 5.76. The van der Waals surface area contributed by atoms with Gasteiger partial charge in [0.2, 0.25) is 5.95 Å². The van der Waals surface area contributed by atoms with Crippen molar-refractivity contribution in [3.8, 4) is 11.4 Å². The van der Waals surface area contributed by atoms with E-state index in [1.807, 2.05) is 54.6 Å². The molecule has 1 unspecified atom stereocenters. The molecule has 26 heavy (non-hydrogen) atoms. The summed E-state index contributed by atoms with van der Waals surface area (Å²) in [5.41, 5.74) is 2.18. The average molecular weight is 345 g/mol. The number of anilines is 1. The van der Waals surface area contributed by atoms with Gasteiger partial charge in [-0.25, -0.2) is 4.68 Å². The van der Waals surface area contributed by atoms with Crippen LogP contribution in [-0.4, -0.2) is 26.4 Å². The van der Waals surface area contributed by atoms with Gasteiger partial charge in [0, 0.05) is 5.56 Å². The van der Waals surface area contributed by atoms with Crippen LogP contribution >= 0.6 is 0 Å². The van der Waals surface area contributed by atoms with Gasteiger partial charge in [0.1, 0.15) is 17.7 Å². The maximum absolute atomic E-state index is 12.4. The van der Waals surface area contributed by atoms with Crippen molar-refractivity contribution in [2.75, 3.05) is 11.9 Å². The molecule has 7 nitrogen and oxygen atoms in total. The topological polar surface area (TPSA) is 84.8 Å². The number of hydrogen-bond acceptors (Lipinski definition) is 5. The summed E-state index contributed by atoms with van der Waals surface area (Å²) in [6, 6.07) is 17.4. The third kappa shape index (κ3) is 2.33. The monoisotopic (exact) mass is 345 g/mol. The van der Waals surface area contributed by atoms with Crippen LogP contribution in [-0.2, 0) is 0 Å². The summed E-state index contributed by atoms with van der Waals surface area (Å²) in [7, 11) is 0. The summed E-state index contributed by atoms with van der Waals surface area (Å²) in [5, 5.41) is 8.03. The second kappa shape index (κ2) is 5.73. The van der Waals surface area contributed by atoms with Gasteiger partial charge in [0.15, 0.2) is 5.65 Å². The molecule has 2 aromatic carbocycles. The van der Waals surface area contributed by atoms with Crippen molar-refractivity contribution in [3.63, 3.8) is 0 Å². The Morgan fingerprint density at radius 2 is 1.92 bits per heavy atom. The lowest BCUT2D eigenvalue weighted by Gasteiger charge is -2.12. The normalized spacial score (nSPS) is 15.6. The number of nitrogens with one attached hydrogen (secondary N) is 2. The van der Waals surface area contributed by atoms with Crippen LogP contribution < -0.4 is 15.6 Å². The fourth-order valence-corrected chi connectivity index (χ4v) is 3.19. The third-order valence-corrected chi connectivity index (χ3v) is 4.45. The molecule has 7 heteroatoms. The van der Waals surface area contributed by atoms with Crippen molar-refractivity contribution in [2.45, 2.75) is 6.04 Å². The zero-order valence-electron chi connectivity index (χ0n) is 13.7. The number of benzene rings is 2. The standard InChI is InChI=1S/C19H15N5O2/c25-18-14-10-20-24(12-6-2-1-3-7-12)17(14)22-19(23-18)21-15-11-26-16-9-5-4-8-13(15)16/h1-10,15H,11H2,(H2,21,22,23,25). The van der Waals surface area contributed by atoms with E-state index >= 15 is 0 Å². The molecule has 0 aliphatic carbocycles. The second-order valence-electron chi connectivity index (χ2n) is 6.09. The molecule has 5 rings (SSSR count). The van der Waals surface area contributed by atoms with E-state index in [9.17, 15) is 4.79 Å². The molecule has 0 radical (unpaired) electrons. The first-order chi connectivity index (χ1) is 12.8. The van der Waals surface area contributed by atoms with Crippen molar-refractivity contribution < 1.29 is 4.74 Å². The van der Waals surface area contributed by atoms with E-state index < -0.39 is 0 Å². The van der Waals surface area contributed by atoms with E-state index in [2.05, 4.69) is 20.4 Å². The van der Waals surface area contributed by atoms with E-state index in [1.54, 1.807) is 4.68 Å². The molecule has 3 heterocycles. The van der Waals surface area contributed by atoms with Crippen molar-refractivity contribution in [1.29, 1.82) is 0 Å². The number of para-hydroxylation sites is 2. The molecular formula is C19H15N5O2. The number of ether oxygens (including phenoxy) is 1. The van der Waals surface area contributed by atoms with Gasteiger partial charge in [-0.3, -0.25) is 9.78 Å². The van der Waals surface area contributed by atoms with Crippen LogP contribution in [0.15, 0.2) is 65.6 Å². The van der Waals surface area contributed by atoms with Crippen molar-refractivity contribution in [2.24, 2.45) is 0 Å². The predicted molar refractivity (Wildman–Crippen MR) is 97.8 cm³/mol. The molecule has 2 aromatic heterocycles. The molecule has 0 fully saturated rings. The first-order valence-corrected chi connectivity index (χ1v) is 8.31. The number of fused-ring (bicyclic) bond motifs is 2. The summed E-state index contributed by atoms with van der Waals surface area (Å²) >= 11 is 0. The van der Waals surface area contributed by atoms with Gasteiger partial charge in [-0.1, -0.05) is 36.4 Å². The van der Waals surface area contributed by atoms with Gasteiger partial charge in [-0.2, -0.15) is 10.1 Å². The average Bonchev–Trinajstić information content (AvgIpc) is 3.28. The fraction of sp³-hybridized carbons (Fsp3) is 0.105.